The number of allylic oxidation sites excluding steroid dienone is 1. The minimum Gasteiger partial charge on any atom is -0.478 e. The molecule has 3 heteroatoms. The molecule has 2 nitrogen and oxygen atoms in total. The van der Waals surface area contributed by atoms with E-state index < -0.39 is 14.0 Å². The molecular weight excluding hydrogens is 240 g/mol. The number of rotatable bonds is 8. The van der Waals surface area contributed by atoms with Gasteiger partial charge in [-0.3, -0.25) is 0 Å². The molecule has 0 aliphatic carbocycles. The molecule has 0 unspecified atom stereocenters. The maximum atomic E-state index is 11.3. The van der Waals surface area contributed by atoms with Gasteiger partial charge in [-0.25, -0.2) is 4.79 Å². The number of carbonyl (C=O) groups is 1. The summed E-state index contributed by atoms with van der Waals surface area (Å²) in [4.78, 5) is 11.3. The maximum absolute atomic E-state index is 11.3. The predicted molar refractivity (Wildman–Crippen MR) is 81.6 cm³/mol. The molecule has 0 bridgehead atoms. The molecule has 0 spiro atoms. The molecule has 0 aliphatic rings. The Balaban J connectivity index is 5.60. The molecule has 0 heterocycles. The second kappa shape index (κ2) is 7.57. The number of aliphatic carboxylic acids is 1. The van der Waals surface area contributed by atoms with Crippen molar-refractivity contribution in [1.82, 2.24) is 0 Å². The first kappa shape index (κ1) is 17.2. The fourth-order valence-electron chi connectivity index (χ4n) is 2.61. The highest BCUT2D eigenvalue weighted by Gasteiger charge is 2.37. The second-order valence-electron chi connectivity index (χ2n) is 5.64. The fraction of sp³-hybridized carbons (Fsp3) is 0.667. The molecular formula is C15H28O2Si. The van der Waals surface area contributed by atoms with Gasteiger partial charge in [-0.2, -0.15) is 0 Å². The van der Waals surface area contributed by atoms with Crippen LogP contribution in [0.2, 0.25) is 17.1 Å². The SMILES string of the molecule is C=CC[Si](C=C(CCC)C(=O)O)(C(C)C)C(C)C. The summed E-state index contributed by atoms with van der Waals surface area (Å²) in [5.41, 5.74) is 3.80. The van der Waals surface area contributed by atoms with Crippen LogP contribution >= 0.6 is 0 Å². The van der Waals surface area contributed by atoms with E-state index in [0.717, 1.165) is 12.5 Å². The molecule has 0 amide bonds. The van der Waals surface area contributed by atoms with Crippen LogP contribution in [0.3, 0.4) is 0 Å². The molecule has 0 fully saturated rings. The largest absolute Gasteiger partial charge is 0.478 e. The molecule has 0 aromatic rings. The number of carboxylic acids is 1. The van der Waals surface area contributed by atoms with Crippen molar-refractivity contribution >= 4 is 14.0 Å². The Hall–Kier alpha value is -0.833. The van der Waals surface area contributed by atoms with E-state index in [4.69, 9.17) is 0 Å². The summed E-state index contributed by atoms with van der Waals surface area (Å²) in [6.07, 6.45) is 3.52. The first-order valence-electron chi connectivity index (χ1n) is 6.87. The fourth-order valence-corrected chi connectivity index (χ4v) is 7.09. The second-order valence-corrected chi connectivity index (χ2v) is 10.9. The zero-order chi connectivity index (χ0) is 14.3. The van der Waals surface area contributed by atoms with Gasteiger partial charge in [0.25, 0.3) is 0 Å². The van der Waals surface area contributed by atoms with Gasteiger partial charge in [0.05, 0.1) is 8.07 Å². The molecule has 0 aromatic carbocycles. The zero-order valence-electron chi connectivity index (χ0n) is 12.5. The van der Waals surface area contributed by atoms with E-state index in [1.165, 1.54) is 0 Å². The van der Waals surface area contributed by atoms with Gasteiger partial charge in [-0.15, -0.1) is 6.58 Å². The van der Waals surface area contributed by atoms with Gasteiger partial charge < -0.3 is 5.11 Å². The van der Waals surface area contributed by atoms with E-state index in [2.05, 4.69) is 40.0 Å². The molecule has 0 saturated heterocycles. The van der Waals surface area contributed by atoms with Crippen molar-refractivity contribution in [3.8, 4) is 0 Å². The van der Waals surface area contributed by atoms with Gasteiger partial charge >= 0.3 is 5.97 Å². The molecule has 0 rings (SSSR count). The van der Waals surface area contributed by atoms with Crippen molar-refractivity contribution in [2.24, 2.45) is 0 Å². The molecule has 1 N–H and O–H groups in total. The lowest BCUT2D eigenvalue weighted by atomic mass is 10.2. The van der Waals surface area contributed by atoms with E-state index in [1.54, 1.807) is 0 Å². The summed E-state index contributed by atoms with van der Waals surface area (Å²) in [6.45, 7) is 14.8. The summed E-state index contributed by atoms with van der Waals surface area (Å²) in [6, 6.07) is 0.961. The first-order chi connectivity index (χ1) is 8.31. The third kappa shape index (κ3) is 4.12. The highest BCUT2D eigenvalue weighted by atomic mass is 28.3. The molecule has 0 saturated carbocycles. The van der Waals surface area contributed by atoms with E-state index in [1.807, 2.05) is 13.0 Å². The number of carboxylic acid groups (broad SMARTS) is 1. The van der Waals surface area contributed by atoms with Gasteiger partial charge in [0.2, 0.25) is 0 Å². The van der Waals surface area contributed by atoms with Crippen molar-refractivity contribution in [3.63, 3.8) is 0 Å². The minimum atomic E-state index is -1.77. The van der Waals surface area contributed by atoms with Crippen LogP contribution in [-0.2, 0) is 4.79 Å². The Bertz CT molecular complexity index is 308. The summed E-state index contributed by atoms with van der Waals surface area (Å²) >= 11 is 0. The molecule has 18 heavy (non-hydrogen) atoms. The van der Waals surface area contributed by atoms with Gasteiger partial charge in [-0.1, -0.05) is 52.8 Å². The highest BCUT2D eigenvalue weighted by molar-refractivity contribution is 6.87. The van der Waals surface area contributed by atoms with E-state index >= 15 is 0 Å². The summed E-state index contributed by atoms with van der Waals surface area (Å²) < 4.78 is 0. The molecule has 104 valence electrons. The van der Waals surface area contributed by atoms with Crippen molar-refractivity contribution in [1.29, 1.82) is 0 Å². The van der Waals surface area contributed by atoms with Gasteiger partial charge in [0, 0.05) is 5.57 Å². The smallest absolute Gasteiger partial charge is 0.330 e. The van der Waals surface area contributed by atoms with Crippen molar-refractivity contribution in [2.75, 3.05) is 0 Å². The van der Waals surface area contributed by atoms with Crippen LogP contribution in [0.15, 0.2) is 23.9 Å². The van der Waals surface area contributed by atoms with Crippen LogP contribution < -0.4 is 0 Å². The van der Waals surface area contributed by atoms with Crippen LogP contribution in [0.4, 0.5) is 0 Å². The maximum Gasteiger partial charge on any atom is 0.330 e. The van der Waals surface area contributed by atoms with Crippen LogP contribution in [0.1, 0.15) is 47.5 Å². The zero-order valence-corrected chi connectivity index (χ0v) is 13.5. The quantitative estimate of drug-likeness (QED) is 0.390. The standard InChI is InChI=1S/C15H28O2Si/c1-7-9-14(15(16)17)11-18(10-8-2,12(3)4)13(5)6/h8,11-13H,2,7,9-10H2,1,3-6H3,(H,16,17). The van der Waals surface area contributed by atoms with Crippen LogP contribution in [0.5, 0.6) is 0 Å². The van der Waals surface area contributed by atoms with Gasteiger partial charge in [0.1, 0.15) is 0 Å². The number of hydrogen-bond donors (Lipinski definition) is 1. The Morgan fingerprint density at radius 3 is 2.06 bits per heavy atom. The lowest BCUT2D eigenvalue weighted by Crippen LogP contribution is -2.39. The monoisotopic (exact) mass is 268 g/mol. The van der Waals surface area contributed by atoms with E-state index in [9.17, 15) is 9.90 Å². The summed E-state index contributed by atoms with van der Waals surface area (Å²) in [7, 11) is -1.77. The van der Waals surface area contributed by atoms with Gasteiger partial charge in [-0.05, 0) is 23.5 Å². The van der Waals surface area contributed by atoms with Crippen molar-refractivity contribution < 1.29 is 9.90 Å². The third-order valence-electron chi connectivity index (χ3n) is 3.88. The Labute approximate surface area is 113 Å². The topological polar surface area (TPSA) is 37.3 Å². The highest BCUT2D eigenvalue weighted by Crippen LogP contribution is 2.38. The first-order valence-corrected chi connectivity index (χ1v) is 9.31. The van der Waals surface area contributed by atoms with Crippen molar-refractivity contribution in [2.45, 2.75) is 64.6 Å². The van der Waals surface area contributed by atoms with Crippen molar-refractivity contribution in [3.05, 3.63) is 23.9 Å². The Kier molecular flexibility index (Phi) is 7.22. The van der Waals surface area contributed by atoms with E-state index in [-0.39, 0.29) is 0 Å². The summed E-state index contributed by atoms with van der Waals surface area (Å²) in [5.74, 6) is -0.751. The lowest BCUT2D eigenvalue weighted by molar-refractivity contribution is -0.132. The van der Waals surface area contributed by atoms with Crippen LogP contribution in [-0.4, -0.2) is 19.1 Å². The minimum absolute atomic E-state index is 0.529. The average Bonchev–Trinajstić information content (AvgIpc) is 2.26. The van der Waals surface area contributed by atoms with Crippen LogP contribution in [0.25, 0.3) is 0 Å². The van der Waals surface area contributed by atoms with Crippen LogP contribution in [0, 0.1) is 0 Å². The molecule has 0 atom stereocenters. The molecule has 0 aliphatic heterocycles. The lowest BCUT2D eigenvalue weighted by Gasteiger charge is -2.36. The predicted octanol–water partition coefficient (Wildman–Crippen LogP) is 4.79. The normalized spacial score (nSPS) is 13.2. The van der Waals surface area contributed by atoms with Gasteiger partial charge in [0.15, 0.2) is 0 Å². The summed E-state index contributed by atoms with van der Waals surface area (Å²) in [5, 5.41) is 9.33. The molecule has 0 radical (unpaired) electrons. The average molecular weight is 268 g/mol. The Morgan fingerprint density at radius 2 is 1.78 bits per heavy atom. The molecule has 0 aromatic heterocycles. The Morgan fingerprint density at radius 1 is 1.28 bits per heavy atom. The van der Waals surface area contributed by atoms with E-state index in [0.29, 0.717) is 23.1 Å². The third-order valence-corrected chi connectivity index (χ3v) is 10.1. The number of hydrogen-bond acceptors (Lipinski definition) is 1.